The van der Waals surface area contributed by atoms with Crippen LogP contribution in [0.5, 0.6) is 0 Å². The van der Waals surface area contributed by atoms with Crippen LogP contribution in [0.25, 0.3) is 0 Å². The SMILES string of the molecule is CCOC(=O)/C=C(/C=C/[C@@H](Cc1ccccc1)N(C)C(=O)OC(C)(C)C)OCC. The summed E-state index contributed by atoms with van der Waals surface area (Å²) >= 11 is 0. The van der Waals surface area contributed by atoms with E-state index in [2.05, 4.69) is 0 Å². The van der Waals surface area contributed by atoms with Crippen LogP contribution in [0.2, 0.25) is 0 Å². The first-order chi connectivity index (χ1) is 13.7. The number of carbonyl (C=O) groups is 2. The Hall–Kier alpha value is -2.76. The Morgan fingerprint density at radius 2 is 1.69 bits per heavy atom. The number of amides is 1. The zero-order chi connectivity index (χ0) is 21.9. The standard InChI is InChI=1S/C23H33NO5/c1-7-27-20(17-21(25)28-8-2)15-14-19(16-18-12-10-9-11-13-18)24(6)22(26)29-23(3,4)5/h9-15,17,19H,7-8,16H2,1-6H3/b15-14+,20-17-/t19-/m0/s1. The maximum Gasteiger partial charge on any atom is 0.410 e. The van der Waals surface area contributed by atoms with Crippen LogP contribution in [0.1, 0.15) is 40.2 Å². The fourth-order valence-electron chi connectivity index (χ4n) is 2.47. The van der Waals surface area contributed by atoms with Gasteiger partial charge in [-0.15, -0.1) is 0 Å². The third-order valence-corrected chi connectivity index (χ3v) is 3.81. The molecule has 1 aromatic rings. The molecule has 0 saturated carbocycles. The van der Waals surface area contributed by atoms with Gasteiger partial charge < -0.3 is 19.1 Å². The van der Waals surface area contributed by atoms with Gasteiger partial charge in [-0.2, -0.15) is 0 Å². The molecule has 6 nitrogen and oxygen atoms in total. The first-order valence-corrected chi connectivity index (χ1v) is 9.85. The van der Waals surface area contributed by atoms with Gasteiger partial charge in [0.25, 0.3) is 0 Å². The van der Waals surface area contributed by atoms with Crippen molar-refractivity contribution in [3.63, 3.8) is 0 Å². The number of likely N-dealkylation sites (N-methyl/N-ethyl adjacent to an activating group) is 1. The Balaban J connectivity index is 3.09. The maximum atomic E-state index is 12.6. The Kier molecular flexibility index (Phi) is 10.00. The van der Waals surface area contributed by atoms with Crippen LogP contribution in [-0.4, -0.2) is 48.9 Å². The molecule has 0 fully saturated rings. The van der Waals surface area contributed by atoms with Crippen molar-refractivity contribution in [1.29, 1.82) is 0 Å². The summed E-state index contributed by atoms with van der Waals surface area (Å²) in [7, 11) is 1.70. The largest absolute Gasteiger partial charge is 0.494 e. The van der Waals surface area contributed by atoms with Gasteiger partial charge in [-0.3, -0.25) is 0 Å². The normalized spacial score (nSPS) is 13.1. The molecule has 1 aromatic carbocycles. The molecule has 0 aliphatic heterocycles. The summed E-state index contributed by atoms with van der Waals surface area (Å²) in [5.74, 6) is -0.0951. The molecule has 160 valence electrons. The lowest BCUT2D eigenvalue weighted by molar-refractivity contribution is -0.137. The van der Waals surface area contributed by atoms with Crippen LogP contribution in [-0.2, 0) is 25.4 Å². The van der Waals surface area contributed by atoms with E-state index in [1.165, 1.54) is 6.08 Å². The fraction of sp³-hybridized carbons (Fsp3) is 0.478. The average Bonchev–Trinajstić information content (AvgIpc) is 2.64. The molecule has 0 unspecified atom stereocenters. The van der Waals surface area contributed by atoms with E-state index in [1.807, 2.05) is 64.1 Å². The first kappa shape index (κ1) is 24.3. The number of hydrogen-bond donors (Lipinski definition) is 0. The van der Waals surface area contributed by atoms with Gasteiger partial charge in [0, 0.05) is 7.05 Å². The molecular formula is C23H33NO5. The van der Waals surface area contributed by atoms with Gasteiger partial charge in [0.05, 0.1) is 25.3 Å². The summed E-state index contributed by atoms with van der Waals surface area (Å²) < 4.78 is 16.0. The van der Waals surface area contributed by atoms with Gasteiger partial charge in [-0.25, -0.2) is 9.59 Å². The van der Waals surface area contributed by atoms with Crippen molar-refractivity contribution in [3.8, 4) is 0 Å². The monoisotopic (exact) mass is 403 g/mol. The van der Waals surface area contributed by atoms with Crippen molar-refractivity contribution in [2.75, 3.05) is 20.3 Å². The van der Waals surface area contributed by atoms with Crippen LogP contribution < -0.4 is 0 Å². The summed E-state index contributed by atoms with van der Waals surface area (Å²) in [6.45, 7) is 9.76. The third-order valence-electron chi connectivity index (χ3n) is 3.81. The van der Waals surface area contributed by atoms with Crippen molar-refractivity contribution in [2.45, 2.75) is 52.7 Å². The van der Waals surface area contributed by atoms with E-state index in [1.54, 1.807) is 24.9 Å². The minimum Gasteiger partial charge on any atom is -0.494 e. The number of rotatable bonds is 9. The number of carbonyl (C=O) groups excluding carboxylic acids is 2. The Morgan fingerprint density at radius 1 is 1.07 bits per heavy atom. The molecule has 1 atom stereocenters. The van der Waals surface area contributed by atoms with E-state index < -0.39 is 17.7 Å². The van der Waals surface area contributed by atoms with E-state index >= 15 is 0 Å². The van der Waals surface area contributed by atoms with Crippen LogP contribution in [0, 0.1) is 0 Å². The van der Waals surface area contributed by atoms with E-state index in [0.717, 1.165) is 5.56 Å². The molecule has 0 spiro atoms. The molecule has 0 aliphatic rings. The topological polar surface area (TPSA) is 65.1 Å². The molecule has 1 rings (SSSR count). The highest BCUT2D eigenvalue weighted by Crippen LogP contribution is 2.15. The van der Waals surface area contributed by atoms with E-state index in [9.17, 15) is 9.59 Å². The smallest absolute Gasteiger partial charge is 0.410 e. The zero-order valence-corrected chi connectivity index (χ0v) is 18.3. The second-order valence-electron chi connectivity index (χ2n) is 7.44. The lowest BCUT2D eigenvalue weighted by Crippen LogP contribution is -2.41. The molecule has 0 N–H and O–H groups in total. The predicted octanol–water partition coefficient (Wildman–Crippen LogP) is 4.50. The highest BCUT2D eigenvalue weighted by Gasteiger charge is 2.24. The third kappa shape index (κ3) is 9.83. The zero-order valence-electron chi connectivity index (χ0n) is 18.3. The predicted molar refractivity (Wildman–Crippen MR) is 113 cm³/mol. The number of esters is 1. The molecule has 0 radical (unpaired) electrons. The second kappa shape index (κ2) is 11.9. The van der Waals surface area contributed by atoms with Crippen molar-refractivity contribution < 1.29 is 23.8 Å². The minimum absolute atomic E-state index is 0.288. The minimum atomic E-state index is -0.591. The average molecular weight is 404 g/mol. The summed E-state index contributed by atoms with van der Waals surface area (Å²) in [6, 6.07) is 9.56. The molecule has 1 amide bonds. The van der Waals surface area contributed by atoms with E-state index in [4.69, 9.17) is 14.2 Å². The van der Waals surface area contributed by atoms with Gasteiger partial charge in [0.1, 0.15) is 11.4 Å². The molecule has 0 saturated heterocycles. The number of ether oxygens (including phenoxy) is 3. The van der Waals surface area contributed by atoms with Crippen molar-refractivity contribution in [2.24, 2.45) is 0 Å². The number of nitrogens with zero attached hydrogens (tertiary/aromatic N) is 1. The molecule has 0 bridgehead atoms. The van der Waals surface area contributed by atoms with Crippen LogP contribution in [0.15, 0.2) is 54.3 Å². The van der Waals surface area contributed by atoms with E-state index in [0.29, 0.717) is 18.8 Å². The van der Waals surface area contributed by atoms with Crippen LogP contribution in [0.3, 0.4) is 0 Å². The molecule has 0 aromatic heterocycles. The quantitative estimate of drug-likeness (QED) is 0.263. The Morgan fingerprint density at radius 3 is 2.24 bits per heavy atom. The fourth-order valence-corrected chi connectivity index (χ4v) is 2.47. The van der Waals surface area contributed by atoms with Crippen molar-refractivity contribution >= 4 is 12.1 Å². The van der Waals surface area contributed by atoms with Crippen LogP contribution >= 0.6 is 0 Å². The summed E-state index contributed by atoms with van der Waals surface area (Å²) in [5, 5.41) is 0. The summed E-state index contributed by atoms with van der Waals surface area (Å²) in [6.07, 6.45) is 4.99. The Labute approximate surface area is 174 Å². The highest BCUT2D eigenvalue weighted by atomic mass is 16.6. The van der Waals surface area contributed by atoms with Crippen molar-refractivity contribution in [1.82, 2.24) is 4.90 Å². The molecular weight excluding hydrogens is 370 g/mol. The van der Waals surface area contributed by atoms with Gasteiger partial charge in [-0.1, -0.05) is 36.4 Å². The van der Waals surface area contributed by atoms with Gasteiger partial charge in [0.15, 0.2) is 0 Å². The van der Waals surface area contributed by atoms with Crippen molar-refractivity contribution in [3.05, 3.63) is 59.9 Å². The second-order valence-corrected chi connectivity index (χ2v) is 7.44. The highest BCUT2D eigenvalue weighted by molar-refractivity contribution is 5.82. The summed E-state index contributed by atoms with van der Waals surface area (Å²) in [4.78, 5) is 25.9. The van der Waals surface area contributed by atoms with Gasteiger partial charge in [-0.05, 0) is 52.7 Å². The molecule has 29 heavy (non-hydrogen) atoms. The molecule has 6 heteroatoms. The van der Waals surface area contributed by atoms with E-state index in [-0.39, 0.29) is 12.6 Å². The lowest BCUT2D eigenvalue weighted by atomic mass is 10.0. The molecule has 0 aliphatic carbocycles. The maximum absolute atomic E-state index is 12.6. The van der Waals surface area contributed by atoms with Crippen LogP contribution in [0.4, 0.5) is 4.79 Å². The number of allylic oxidation sites excluding steroid dienone is 1. The number of benzene rings is 1. The first-order valence-electron chi connectivity index (χ1n) is 9.85. The molecule has 0 heterocycles. The lowest BCUT2D eigenvalue weighted by Gasteiger charge is -2.29. The van der Waals surface area contributed by atoms with Gasteiger partial charge >= 0.3 is 12.1 Å². The number of hydrogen-bond acceptors (Lipinski definition) is 5. The van der Waals surface area contributed by atoms with Gasteiger partial charge in [0.2, 0.25) is 0 Å². The summed E-state index contributed by atoms with van der Waals surface area (Å²) in [5.41, 5.74) is 0.483. The Bertz CT molecular complexity index is 704.